The second-order valence-electron chi connectivity index (χ2n) is 4.31. The van der Waals surface area contributed by atoms with Gasteiger partial charge in [0, 0.05) is 11.9 Å². The fraction of sp³-hybridized carbons (Fsp3) is 0.231. The number of hydrogen-bond acceptors (Lipinski definition) is 5. The molecule has 3 aromatic heterocycles. The van der Waals surface area contributed by atoms with Crippen molar-refractivity contribution < 1.29 is 4.42 Å². The molecule has 0 radical (unpaired) electrons. The minimum absolute atomic E-state index is 0.0497. The smallest absolute Gasteiger partial charge is 0.164 e. The standard InChI is InChI=1S/C13H13ClN4OS/c1-18-8-16-12(17-18)7-15-13(9-3-2-6-19-9)10-4-5-11(14)20-10/h2-6,8,13,15H,7H2,1H3. The van der Waals surface area contributed by atoms with E-state index in [-0.39, 0.29) is 6.04 Å². The van der Waals surface area contributed by atoms with Crippen LogP contribution >= 0.6 is 22.9 Å². The lowest BCUT2D eigenvalue weighted by Gasteiger charge is -2.13. The molecule has 0 aliphatic carbocycles. The predicted octanol–water partition coefficient (Wildman–Crippen LogP) is 3.00. The third-order valence-corrected chi connectivity index (χ3v) is 4.11. The number of hydrogen-bond donors (Lipinski definition) is 1. The van der Waals surface area contributed by atoms with Crippen LogP contribution in [-0.2, 0) is 13.6 Å². The molecule has 3 aromatic rings. The minimum atomic E-state index is -0.0497. The maximum atomic E-state index is 6.02. The van der Waals surface area contributed by atoms with Crippen LogP contribution < -0.4 is 5.32 Å². The third-order valence-electron chi connectivity index (χ3n) is 2.82. The highest BCUT2D eigenvalue weighted by molar-refractivity contribution is 7.16. The first-order chi connectivity index (χ1) is 9.72. The van der Waals surface area contributed by atoms with Crippen molar-refractivity contribution in [3.8, 4) is 0 Å². The number of aryl methyl sites for hydroxylation is 1. The van der Waals surface area contributed by atoms with Crippen molar-refractivity contribution >= 4 is 22.9 Å². The highest BCUT2D eigenvalue weighted by Gasteiger charge is 2.19. The summed E-state index contributed by atoms with van der Waals surface area (Å²) in [5.41, 5.74) is 0. The van der Waals surface area contributed by atoms with Crippen molar-refractivity contribution in [1.29, 1.82) is 0 Å². The van der Waals surface area contributed by atoms with Crippen LogP contribution in [0.1, 0.15) is 22.5 Å². The molecule has 1 N–H and O–H groups in total. The lowest BCUT2D eigenvalue weighted by atomic mass is 10.2. The lowest BCUT2D eigenvalue weighted by Crippen LogP contribution is -2.21. The van der Waals surface area contributed by atoms with Crippen LogP contribution in [0.25, 0.3) is 0 Å². The van der Waals surface area contributed by atoms with Crippen molar-refractivity contribution in [2.75, 3.05) is 0 Å². The number of halogens is 1. The molecule has 5 nitrogen and oxygen atoms in total. The molecule has 3 rings (SSSR count). The number of furan rings is 1. The van der Waals surface area contributed by atoms with E-state index in [0.717, 1.165) is 20.8 Å². The Morgan fingerprint density at radius 2 is 2.35 bits per heavy atom. The summed E-state index contributed by atoms with van der Waals surface area (Å²) in [7, 11) is 1.85. The van der Waals surface area contributed by atoms with E-state index < -0.39 is 0 Å². The molecule has 0 aliphatic rings. The molecule has 0 spiro atoms. The van der Waals surface area contributed by atoms with Crippen LogP contribution in [0.15, 0.2) is 41.3 Å². The highest BCUT2D eigenvalue weighted by atomic mass is 35.5. The molecule has 0 fully saturated rings. The van der Waals surface area contributed by atoms with E-state index in [4.69, 9.17) is 16.0 Å². The molecule has 1 atom stereocenters. The van der Waals surface area contributed by atoms with Crippen LogP contribution in [-0.4, -0.2) is 14.8 Å². The SMILES string of the molecule is Cn1cnc(CNC(c2ccco2)c2ccc(Cl)s2)n1. The van der Waals surface area contributed by atoms with Crippen molar-refractivity contribution in [1.82, 2.24) is 20.1 Å². The molecule has 20 heavy (non-hydrogen) atoms. The lowest BCUT2D eigenvalue weighted by molar-refractivity contribution is 0.445. The van der Waals surface area contributed by atoms with Crippen molar-refractivity contribution in [2.45, 2.75) is 12.6 Å². The molecule has 0 bridgehead atoms. The summed E-state index contributed by atoms with van der Waals surface area (Å²) >= 11 is 7.55. The van der Waals surface area contributed by atoms with E-state index in [1.807, 2.05) is 31.3 Å². The summed E-state index contributed by atoms with van der Waals surface area (Å²) in [6.45, 7) is 0.557. The van der Waals surface area contributed by atoms with Gasteiger partial charge in [-0.2, -0.15) is 5.10 Å². The van der Waals surface area contributed by atoms with Crippen LogP contribution in [0.5, 0.6) is 0 Å². The number of nitrogens with zero attached hydrogens (tertiary/aromatic N) is 3. The number of rotatable bonds is 5. The van der Waals surface area contributed by atoms with Gasteiger partial charge in [-0.1, -0.05) is 11.6 Å². The molecule has 0 saturated heterocycles. The molecule has 0 aromatic carbocycles. The van der Waals surface area contributed by atoms with Gasteiger partial charge in [0.15, 0.2) is 5.82 Å². The van der Waals surface area contributed by atoms with Crippen molar-refractivity contribution in [2.24, 2.45) is 7.05 Å². The zero-order valence-corrected chi connectivity index (χ0v) is 12.4. The quantitative estimate of drug-likeness (QED) is 0.787. The summed E-state index contributed by atoms with van der Waals surface area (Å²) in [6.07, 6.45) is 3.35. The Kier molecular flexibility index (Phi) is 3.86. The Morgan fingerprint density at radius 1 is 1.45 bits per heavy atom. The van der Waals surface area contributed by atoms with E-state index in [9.17, 15) is 0 Å². The molecule has 0 saturated carbocycles. The molecular weight excluding hydrogens is 296 g/mol. The highest BCUT2D eigenvalue weighted by Crippen LogP contribution is 2.31. The Bertz CT molecular complexity index is 676. The van der Waals surface area contributed by atoms with E-state index in [2.05, 4.69) is 15.4 Å². The van der Waals surface area contributed by atoms with Crippen LogP contribution in [0.3, 0.4) is 0 Å². The van der Waals surface area contributed by atoms with Crippen LogP contribution in [0.2, 0.25) is 4.34 Å². The summed E-state index contributed by atoms with van der Waals surface area (Å²) in [6, 6.07) is 7.65. The molecule has 0 amide bonds. The zero-order chi connectivity index (χ0) is 13.9. The Balaban J connectivity index is 1.79. The maximum absolute atomic E-state index is 6.02. The Hall–Kier alpha value is -1.63. The fourth-order valence-electron chi connectivity index (χ4n) is 1.94. The molecular formula is C13H13ClN4OS. The van der Waals surface area contributed by atoms with Gasteiger partial charge in [0.05, 0.1) is 17.1 Å². The molecule has 1 unspecified atom stereocenters. The van der Waals surface area contributed by atoms with Gasteiger partial charge in [-0.3, -0.25) is 10.00 Å². The predicted molar refractivity (Wildman–Crippen MR) is 77.7 cm³/mol. The molecule has 3 heterocycles. The largest absolute Gasteiger partial charge is 0.467 e. The molecule has 0 aliphatic heterocycles. The number of aromatic nitrogens is 3. The Labute approximate surface area is 125 Å². The molecule has 104 valence electrons. The topological polar surface area (TPSA) is 55.9 Å². The van der Waals surface area contributed by atoms with E-state index in [0.29, 0.717) is 6.54 Å². The fourth-order valence-corrected chi connectivity index (χ4v) is 3.08. The first kappa shape index (κ1) is 13.4. The zero-order valence-electron chi connectivity index (χ0n) is 10.8. The average Bonchev–Trinajstić information content (AvgIpc) is 3.13. The van der Waals surface area contributed by atoms with Crippen molar-refractivity contribution in [3.63, 3.8) is 0 Å². The second-order valence-corrected chi connectivity index (χ2v) is 6.05. The van der Waals surface area contributed by atoms with Crippen LogP contribution in [0, 0.1) is 0 Å². The van der Waals surface area contributed by atoms with Gasteiger partial charge < -0.3 is 4.42 Å². The van der Waals surface area contributed by atoms with Crippen molar-refractivity contribution in [3.05, 3.63) is 57.7 Å². The second kappa shape index (κ2) is 5.78. The van der Waals surface area contributed by atoms with E-state index in [1.165, 1.54) is 11.3 Å². The normalized spacial score (nSPS) is 12.7. The summed E-state index contributed by atoms with van der Waals surface area (Å²) in [5.74, 6) is 1.59. The van der Waals surface area contributed by atoms with E-state index in [1.54, 1.807) is 17.3 Å². The molecule has 7 heteroatoms. The minimum Gasteiger partial charge on any atom is -0.467 e. The summed E-state index contributed by atoms with van der Waals surface area (Å²) < 4.78 is 7.95. The van der Waals surface area contributed by atoms with Crippen LogP contribution in [0.4, 0.5) is 0 Å². The summed E-state index contributed by atoms with van der Waals surface area (Å²) in [4.78, 5) is 5.30. The number of thiophene rings is 1. The first-order valence-corrected chi connectivity index (χ1v) is 7.28. The average molecular weight is 309 g/mol. The first-order valence-electron chi connectivity index (χ1n) is 6.09. The van der Waals surface area contributed by atoms with Gasteiger partial charge in [0.25, 0.3) is 0 Å². The maximum Gasteiger partial charge on any atom is 0.164 e. The van der Waals surface area contributed by atoms with Gasteiger partial charge in [0.2, 0.25) is 0 Å². The van der Waals surface area contributed by atoms with Gasteiger partial charge in [-0.05, 0) is 24.3 Å². The number of nitrogens with one attached hydrogen (secondary N) is 1. The monoisotopic (exact) mass is 308 g/mol. The van der Waals surface area contributed by atoms with Gasteiger partial charge >= 0.3 is 0 Å². The Morgan fingerprint density at radius 3 is 2.95 bits per heavy atom. The summed E-state index contributed by atoms with van der Waals surface area (Å²) in [5, 5.41) is 7.65. The van der Waals surface area contributed by atoms with Gasteiger partial charge in [-0.15, -0.1) is 11.3 Å². The van der Waals surface area contributed by atoms with Gasteiger partial charge in [-0.25, -0.2) is 4.98 Å². The van der Waals surface area contributed by atoms with E-state index >= 15 is 0 Å². The van der Waals surface area contributed by atoms with Gasteiger partial charge in [0.1, 0.15) is 18.1 Å². The third kappa shape index (κ3) is 2.92.